The molecule has 3 nitrogen and oxygen atoms in total. The number of hydrogen-bond donors (Lipinski definition) is 1. The predicted molar refractivity (Wildman–Crippen MR) is 91.0 cm³/mol. The Morgan fingerprint density at radius 3 is 2.29 bits per heavy atom. The monoisotopic (exact) mass is 290 g/mol. The molecule has 0 aromatic heterocycles. The maximum absolute atomic E-state index is 12.9. The molecule has 1 N–H and O–H groups in total. The summed E-state index contributed by atoms with van der Waals surface area (Å²) in [5.41, 5.74) is 2.97. The Balaban J connectivity index is 3.06. The number of rotatable bonds is 7. The van der Waals surface area contributed by atoms with Gasteiger partial charge in [-0.3, -0.25) is 4.79 Å². The van der Waals surface area contributed by atoms with Crippen LogP contribution in [0.4, 0.5) is 5.69 Å². The average molecular weight is 290 g/mol. The highest BCUT2D eigenvalue weighted by atomic mass is 16.2. The molecule has 3 heteroatoms. The van der Waals surface area contributed by atoms with Crippen molar-refractivity contribution in [3.63, 3.8) is 0 Å². The fourth-order valence-electron chi connectivity index (χ4n) is 2.76. The van der Waals surface area contributed by atoms with Crippen LogP contribution in [0.15, 0.2) is 18.2 Å². The summed E-state index contributed by atoms with van der Waals surface area (Å²) < 4.78 is 0. The first-order valence-corrected chi connectivity index (χ1v) is 8.03. The van der Waals surface area contributed by atoms with E-state index >= 15 is 0 Å². The van der Waals surface area contributed by atoms with Crippen molar-refractivity contribution < 1.29 is 4.79 Å². The molecule has 1 amide bonds. The number of benzene rings is 1. The maximum Gasteiger partial charge on any atom is 0.254 e. The largest absolute Gasteiger partial charge is 0.388 e. The molecule has 1 rings (SSSR count). The van der Waals surface area contributed by atoms with Crippen molar-refractivity contribution in [2.45, 2.75) is 53.5 Å². The van der Waals surface area contributed by atoms with Crippen LogP contribution in [0.5, 0.6) is 0 Å². The van der Waals surface area contributed by atoms with Crippen LogP contribution in [0.3, 0.4) is 0 Å². The summed E-state index contributed by atoms with van der Waals surface area (Å²) in [6.07, 6.45) is 2.01. The van der Waals surface area contributed by atoms with Gasteiger partial charge in [0.25, 0.3) is 5.91 Å². The fraction of sp³-hybridized carbons (Fsp3) is 0.611. The number of aryl methyl sites for hydroxylation is 1. The lowest BCUT2D eigenvalue weighted by Crippen LogP contribution is -2.42. The molecule has 0 aliphatic heterocycles. The minimum Gasteiger partial charge on any atom is -0.388 e. The molecule has 0 unspecified atom stereocenters. The third-order valence-electron chi connectivity index (χ3n) is 3.95. The van der Waals surface area contributed by atoms with Crippen molar-refractivity contribution >= 4 is 11.6 Å². The Morgan fingerprint density at radius 1 is 1.24 bits per heavy atom. The molecule has 0 radical (unpaired) electrons. The molecule has 0 aliphatic rings. The molecule has 1 aromatic carbocycles. The molecular weight excluding hydrogens is 260 g/mol. The van der Waals surface area contributed by atoms with E-state index in [2.05, 4.69) is 37.9 Å². The number of carbonyl (C=O) groups is 1. The van der Waals surface area contributed by atoms with Gasteiger partial charge in [-0.15, -0.1) is 0 Å². The van der Waals surface area contributed by atoms with Crippen LogP contribution in [0.2, 0.25) is 0 Å². The number of anilines is 1. The van der Waals surface area contributed by atoms with Gasteiger partial charge in [-0.25, -0.2) is 0 Å². The third kappa shape index (κ3) is 4.48. The van der Waals surface area contributed by atoms with Gasteiger partial charge in [0.05, 0.1) is 0 Å². The predicted octanol–water partition coefficient (Wildman–Crippen LogP) is 4.32. The van der Waals surface area contributed by atoms with E-state index < -0.39 is 0 Å². The van der Waals surface area contributed by atoms with E-state index in [0.29, 0.717) is 12.0 Å². The number of carbonyl (C=O) groups excluding carboxylic acids is 1. The Kier molecular flexibility index (Phi) is 6.73. The minimum atomic E-state index is 0.156. The molecule has 21 heavy (non-hydrogen) atoms. The summed E-state index contributed by atoms with van der Waals surface area (Å²) in [4.78, 5) is 15.0. The van der Waals surface area contributed by atoms with Gasteiger partial charge in [0.2, 0.25) is 0 Å². The van der Waals surface area contributed by atoms with E-state index in [1.165, 1.54) is 0 Å². The summed E-state index contributed by atoms with van der Waals surface area (Å²) in [5.74, 6) is 0.635. The third-order valence-corrected chi connectivity index (χ3v) is 3.95. The van der Waals surface area contributed by atoms with Crippen molar-refractivity contribution in [3.05, 3.63) is 29.3 Å². The van der Waals surface area contributed by atoms with E-state index in [4.69, 9.17) is 0 Å². The Morgan fingerprint density at radius 2 is 1.86 bits per heavy atom. The van der Waals surface area contributed by atoms with Crippen LogP contribution in [-0.4, -0.2) is 30.4 Å². The number of amides is 1. The van der Waals surface area contributed by atoms with Crippen molar-refractivity contribution in [2.75, 3.05) is 18.9 Å². The van der Waals surface area contributed by atoms with Gasteiger partial charge >= 0.3 is 0 Å². The van der Waals surface area contributed by atoms with Crippen LogP contribution < -0.4 is 5.32 Å². The van der Waals surface area contributed by atoms with Crippen LogP contribution in [0.25, 0.3) is 0 Å². The molecule has 0 saturated heterocycles. The Bertz CT molecular complexity index is 464. The minimum absolute atomic E-state index is 0.156. The molecule has 0 heterocycles. The maximum atomic E-state index is 12.9. The normalized spacial score (nSPS) is 11.0. The summed E-state index contributed by atoms with van der Waals surface area (Å²) in [5, 5.41) is 3.14. The van der Waals surface area contributed by atoms with E-state index in [9.17, 15) is 4.79 Å². The first-order chi connectivity index (χ1) is 9.94. The first kappa shape index (κ1) is 17.5. The number of nitrogens with one attached hydrogen (secondary N) is 1. The Labute approximate surface area is 129 Å². The summed E-state index contributed by atoms with van der Waals surface area (Å²) in [6.45, 7) is 11.5. The molecular formula is C18H30N2O. The van der Waals surface area contributed by atoms with Crippen LogP contribution in [0.1, 0.15) is 56.5 Å². The van der Waals surface area contributed by atoms with Crippen LogP contribution in [0, 0.1) is 12.8 Å². The molecule has 118 valence electrons. The second-order valence-electron chi connectivity index (χ2n) is 6.10. The summed E-state index contributed by atoms with van der Waals surface area (Å²) in [7, 11) is 1.90. The second kappa shape index (κ2) is 8.06. The van der Waals surface area contributed by atoms with Crippen molar-refractivity contribution in [2.24, 2.45) is 5.92 Å². The second-order valence-corrected chi connectivity index (χ2v) is 6.10. The van der Waals surface area contributed by atoms with Crippen molar-refractivity contribution in [1.82, 2.24) is 4.90 Å². The number of hydrogen-bond acceptors (Lipinski definition) is 2. The quantitative estimate of drug-likeness (QED) is 0.811. The fourth-order valence-corrected chi connectivity index (χ4v) is 2.76. The topological polar surface area (TPSA) is 32.3 Å². The Hall–Kier alpha value is -1.51. The van der Waals surface area contributed by atoms with Gasteiger partial charge in [0.15, 0.2) is 0 Å². The first-order valence-electron chi connectivity index (χ1n) is 8.03. The summed E-state index contributed by atoms with van der Waals surface area (Å²) in [6, 6.07) is 6.23. The van der Waals surface area contributed by atoms with Gasteiger partial charge < -0.3 is 10.2 Å². The zero-order valence-corrected chi connectivity index (χ0v) is 14.4. The lowest BCUT2D eigenvalue weighted by molar-refractivity contribution is 0.0640. The molecule has 0 aliphatic carbocycles. The van der Waals surface area contributed by atoms with Gasteiger partial charge in [0.1, 0.15) is 0 Å². The number of nitrogens with zero attached hydrogens (tertiary/aromatic N) is 1. The van der Waals surface area contributed by atoms with Gasteiger partial charge in [0, 0.05) is 30.9 Å². The van der Waals surface area contributed by atoms with Gasteiger partial charge in [-0.05, 0) is 49.4 Å². The molecule has 0 spiro atoms. The molecule has 0 atom stereocenters. The SMILES string of the molecule is CCC(CC)N(CC(C)C)C(=O)c1ccc(NC)c(C)c1. The molecule has 1 aromatic rings. The highest BCUT2D eigenvalue weighted by molar-refractivity contribution is 5.95. The van der Waals surface area contributed by atoms with Crippen molar-refractivity contribution in [3.8, 4) is 0 Å². The summed E-state index contributed by atoms with van der Waals surface area (Å²) >= 11 is 0. The van der Waals surface area contributed by atoms with Crippen molar-refractivity contribution in [1.29, 1.82) is 0 Å². The van der Waals surface area contributed by atoms with E-state index in [0.717, 1.165) is 36.2 Å². The van der Waals surface area contributed by atoms with E-state index in [1.54, 1.807) is 0 Å². The van der Waals surface area contributed by atoms with E-state index in [1.807, 2.05) is 32.2 Å². The zero-order valence-electron chi connectivity index (χ0n) is 14.4. The lowest BCUT2D eigenvalue weighted by atomic mass is 10.0. The molecule has 0 bridgehead atoms. The standard InChI is InChI=1S/C18H30N2O/c1-7-16(8-2)20(12-13(3)4)18(21)15-9-10-17(19-6)14(5)11-15/h9-11,13,16,19H,7-8,12H2,1-6H3. The molecule has 0 fully saturated rings. The van der Waals surface area contributed by atoms with Crippen LogP contribution >= 0.6 is 0 Å². The van der Waals surface area contributed by atoms with Gasteiger partial charge in [-0.1, -0.05) is 27.7 Å². The smallest absolute Gasteiger partial charge is 0.254 e. The van der Waals surface area contributed by atoms with Gasteiger partial charge in [-0.2, -0.15) is 0 Å². The van der Waals surface area contributed by atoms with Crippen LogP contribution in [-0.2, 0) is 0 Å². The lowest BCUT2D eigenvalue weighted by Gasteiger charge is -2.32. The highest BCUT2D eigenvalue weighted by Gasteiger charge is 2.23. The zero-order chi connectivity index (χ0) is 16.0. The average Bonchev–Trinajstić information content (AvgIpc) is 2.46. The van der Waals surface area contributed by atoms with E-state index in [-0.39, 0.29) is 5.91 Å². The molecule has 0 saturated carbocycles. The highest BCUT2D eigenvalue weighted by Crippen LogP contribution is 2.20.